The molecule has 8 atom stereocenters. The SMILES string of the molecule is CC(C)CCC[C@@H](C)[C@H]1CC[C@H]2[C@@H]3CC=C4C[C@@H](OC(=O)c5ccccc5)CC[C@]4(C)[C@H]3CC[C@]12C. The number of carbonyl (C=O) groups is 1. The first-order valence-corrected chi connectivity index (χ1v) is 15.2. The first-order chi connectivity index (χ1) is 17.2. The molecule has 0 saturated heterocycles. The molecule has 5 rings (SSSR count). The van der Waals surface area contributed by atoms with Crippen LogP contribution in [0, 0.1) is 46.3 Å². The molecule has 198 valence electrons. The molecule has 4 aliphatic rings. The molecule has 4 aliphatic carbocycles. The molecule has 1 aromatic rings. The number of benzene rings is 1. The molecule has 0 spiro atoms. The van der Waals surface area contributed by atoms with Crippen LogP contribution in [0.1, 0.15) is 116 Å². The highest BCUT2D eigenvalue weighted by Gasteiger charge is 2.59. The number of ether oxygens (including phenoxy) is 1. The lowest BCUT2D eigenvalue weighted by atomic mass is 9.47. The predicted octanol–water partition coefficient (Wildman–Crippen LogP) is 9.25. The number of allylic oxidation sites excluding steroid dienone is 1. The van der Waals surface area contributed by atoms with Gasteiger partial charge in [-0.2, -0.15) is 0 Å². The van der Waals surface area contributed by atoms with Gasteiger partial charge in [-0.15, -0.1) is 0 Å². The normalized spacial score (nSPS) is 38.5. The van der Waals surface area contributed by atoms with Crippen molar-refractivity contribution in [3.05, 3.63) is 47.5 Å². The third-order valence-corrected chi connectivity index (χ3v) is 11.5. The topological polar surface area (TPSA) is 26.3 Å². The molecule has 1 aromatic carbocycles. The van der Waals surface area contributed by atoms with Crippen LogP contribution in [0.4, 0.5) is 0 Å². The molecule has 2 nitrogen and oxygen atoms in total. The summed E-state index contributed by atoms with van der Waals surface area (Å²) in [4.78, 5) is 12.7. The Morgan fingerprint density at radius 3 is 2.50 bits per heavy atom. The van der Waals surface area contributed by atoms with Crippen LogP contribution < -0.4 is 0 Å². The molecule has 0 unspecified atom stereocenters. The van der Waals surface area contributed by atoms with Crippen molar-refractivity contribution in [3.8, 4) is 0 Å². The molecule has 3 saturated carbocycles. The molecule has 36 heavy (non-hydrogen) atoms. The van der Waals surface area contributed by atoms with Gasteiger partial charge in [-0.1, -0.05) is 83.7 Å². The van der Waals surface area contributed by atoms with Gasteiger partial charge in [0.05, 0.1) is 5.56 Å². The Bertz CT molecular complexity index is 947. The summed E-state index contributed by atoms with van der Waals surface area (Å²) in [5, 5.41) is 0. The van der Waals surface area contributed by atoms with Gasteiger partial charge in [0, 0.05) is 6.42 Å². The van der Waals surface area contributed by atoms with Crippen LogP contribution in [0.25, 0.3) is 0 Å². The molecule has 0 radical (unpaired) electrons. The van der Waals surface area contributed by atoms with Crippen molar-refractivity contribution >= 4 is 5.97 Å². The van der Waals surface area contributed by atoms with E-state index in [2.05, 4.69) is 40.7 Å². The maximum absolute atomic E-state index is 12.7. The summed E-state index contributed by atoms with van der Waals surface area (Å²) in [5.74, 6) is 5.03. The van der Waals surface area contributed by atoms with E-state index in [0.717, 1.165) is 48.3 Å². The van der Waals surface area contributed by atoms with Crippen molar-refractivity contribution in [3.63, 3.8) is 0 Å². The van der Waals surface area contributed by atoms with Crippen molar-refractivity contribution < 1.29 is 9.53 Å². The van der Waals surface area contributed by atoms with Gasteiger partial charge in [-0.25, -0.2) is 4.79 Å². The lowest BCUT2D eigenvalue weighted by Gasteiger charge is -2.58. The molecule has 0 bridgehead atoms. The van der Waals surface area contributed by atoms with Crippen molar-refractivity contribution in [1.82, 2.24) is 0 Å². The van der Waals surface area contributed by atoms with E-state index >= 15 is 0 Å². The number of esters is 1. The summed E-state index contributed by atoms with van der Waals surface area (Å²) >= 11 is 0. The Labute approximate surface area is 220 Å². The zero-order chi connectivity index (χ0) is 25.5. The van der Waals surface area contributed by atoms with E-state index in [9.17, 15) is 4.79 Å². The van der Waals surface area contributed by atoms with Gasteiger partial charge in [0.2, 0.25) is 0 Å². The summed E-state index contributed by atoms with van der Waals surface area (Å²) in [5.41, 5.74) is 3.12. The summed E-state index contributed by atoms with van der Waals surface area (Å²) in [6.07, 6.45) is 17.0. The Kier molecular flexibility index (Phi) is 7.45. The Hall–Kier alpha value is -1.57. The van der Waals surface area contributed by atoms with Crippen LogP contribution in [0.15, 0.2) is 42.0 Å². The lowest BCUT2D eigenvalue weighted by Crippen LogP contribution is -2.51. The molecule has 0 aliphatic heterocycles. The summed E-state index contributed by atoms with van der Waals surface area (Å²) in [6, 6.07) is 9.49. The van der Waals surface area contributed by atoms with E-state index in [1.165, 1.54) is 57.8 Å². The lowest BCUT2D eigenvalue weighted by molar-refractivity contribution is -0.0594. The van der Waals surface area contributed by atoms with E-state index in [1.54, 1.807) is 5.57 Å². The van der Waals surface area contributed by atoms with E-state index in [1.807, 2.05) is 30.3 Å². The Morgan fingerprint density at radius 2 is 1.75 bits per heavy atom. The number of fused-ring (bicyclic) bond motifs is 5. The van der Waals surface area contributed by atoms with Crippen LogP contribution in [0.5, 0.6) is 0 Å². The van der Waals surface area contributed by atoms with Crippen molar-refractivity contribution in [2.24, 2.45) is 46.3 Å². The maximum atomic E-state index is 12.7. The molecule has 0 amide bonds. The minimum Gasteiger partial charge on any atom is -0.458 e. The van der Waals surface area contributed by atoms with Crippen LogP contribution in [0.2, 0.25) is 0 Å². The second kappa shape index (κ2) is 10.3. The van der Waals surface area contributed by atoms with Crippen molar-refractivity contribution in [1.29, 1.82) is 0 Å². The molecular formula is C34H50O2. The summed E-state index contributed by atoms with van der Waals surface area (Å²) in [6.45, 7) is 12.6. The quantitative estimate of drug-likeness (QED) is 0.281. The van der Waals surface area contributed by atoms with Gasteiger partial charge in [-0.05, 0) is 103 Å². The fourth-order valence-corrected chi connectivity index (χ4v) is 9.55. The maximum Gasteiger partial charge on any atom is 0.338 e. The average molecular weight is 491 g/mol. The van der Waals surface area contributed by atoms with Crippen molar-refractivity contribution in [2.75, 3.05) is 0 Å². The monoisotopic (exact) mass is 490 g/mol. The van der Waals surface area contributed by atoms with E-state index < -0.39 is 0 Å². The van der Waals surface area contributed by atoms with Gasteiger partial charge < -0.3 is 4.74 Å². The first-order valence-electron chi connectivity index (χ1n) is 15.2. The minimum absolute atomic E-state index is 0.0324. The summed E-state index contributed by atoms with van der Waals surface area (Å²) < 4.78 is 6.00. The number of hydrogen-bond donors (Lipinski definition) is 0. The number of rotatable bonds is 7. The Balaban J connectivity index is 1.25. The van der Waals surface area contributed by atoms with Crippen molar-refractivity contribution in [2.45, 2.75) is 111 Å². The zero-order valence-corrected chi connectivity index (χ0v) is 23.6. The summed E-state index contributed by atoms with van der Waals surface area (Å²) in [7, 11) is 0. The highest BCUT2D eigenvalue weighted by Crippen LogP contribution is 2.67. The van der Waals surface area contributed by atoms with Crippen LogP contribution >= 0.6 is 0 Å². The second-order valence-electron chi connectivity index (χ2n) is 13.9. The van der Waals surface area contributed by atoms with Gasteiger partial charge in [0.15, 0.2) is 0 Å². The van der Waals surface area contributed by atoms with Gasteiger partial charge in [-0.3, -0.25) is 0 Å². The van der Waals surface area contributed by atoms with Gasteiger partial charge in [0.1, 0.15) is 6.10 Å². The van der Waals surface area contributed by atoms with E-state index in [0.29, 0.717) is 16.4 Å². The Morgan fingerprint density at radius 1 is 0.972 bits per heavy atom. The van der Waals surface area contributed by atoms with E-state index in [4.69, 9.17) is 4.74 Å². The molecule has 0 N–H and O–H groups in total. The molecule has 2 heteroatoms. The highest BCUT2D eigenvalue weighted by atomic mass is 16.5. The van der Waals surface area contributed by atoms with Crippen LogP contribution in [-0.4, -0.2) is 12.1 Å². The zero-order valence-electron chi connectivity index (χ0n) is 23.6. The van der Waals surface area contributed by atoms with Gasteiger partial charge >= 0.3 is 5.97 Å². The third kappa shape index (κ3) is 4.71. The second-order valence-corrected chi connectivity index (χ2v) is 13.9. The average Bonchev–Trinajstić information content (AvgIpc) is 3.22. The molecule has 3 fully saturated rings. The molecule has 0 aromatic heterocycles. The molecule has 0 heterocycles. The smallest absolute Gasteiger partial charge is 0.338 e. The fourth-order valence-electron chi connectivity index (χ4n) is 9.55. The van der Waals surface area contributed by atoms with Crippen LogP contribution in [0.3, 0.4) is 0 Å². The predicted molar refractivity (Wildman–Crippen MR) is 149 cm³/mol. The number of hydrogen-bond acceptors (Lipinski definition) is 2. The highest BCUT2D eigenvalue weighted by molar-refractivity contribution is 5.89. The minimum atomic E-state index is -0.161. The van der Waals surface area contributed by atoms with Crippen LogP contribution in [-0.2, 0) is 4.74 Å². The largest absolute Gasteiger partial charge is 0.458 e. The first kappa shape index (κ1) is 26.1. The molecular weight excluding hydrogens is 440 g/mol. The fraction of sp³-hybridized carbons (Fsp3) is 0.735. The van der Waals surface area contributed by atoms with E-state index in [-0.39, 0.29) is 12.1 Å². The number of carbonyl (C=O) groups excluding carboxylic acids is 1. The standard InChI is InChI=1S/C34H50O2/c1-23(2)10-9-11-24(3)29-16-17-30-28-15-14-26-22-27(36-32(35)25-12-7-6-8-13-25)18-20-33(26,4)31(28)19-21-34(29,30)5/h6-8,12-14,23-24,27-31H,9-11,15-22H2,1-5H3/t24-,27+,28+,29-,30+,31+,33+,34-/m1/s1. The third-order valence-electron chi connectivity index (χ3n) is 11.5. The van der Waals surface area contributed by atoms with Gasteiger partial charge in [0.25, 0.3) is 0 Å².